The molecule has 11 heteroatoms. The van der Waals surface area contributed by atoms with Gasteiger partial charge in [-0.1, -0.05) is 18.2 Å². The summed E-state index contributed by atoms with van der Waals surface area (Å²) < 4.78 is 57.6. The first kappa shape index (κ1) is 30.1. The van der Waals surface area contributed by atoms with Gasteiger partial charge in [0, 0.05) is 31.3 Å². The third-order valence-corrected chi connectivity index (χ3v) is 5.45. The summed E-state index contributed by atoms with van der Waals surface area (Å²) in [5.74, 6) is -1.38. The van der Waals surface area contributed by atoms with Crippen LogP contribution in [0.3, 0.4) is 0 Å². The van der Waals surface area contributed by atoms with Crippen LogP contribution in [0.25, 0.3) is 0 Å². The molecular weight excluding hydrogens is 527 g/mol. The highest BCUT2D eigenvalue weighted by atomic mass is 19.1. The van der Waals surface area contributed by atoms with Gasteiger partial charge in [-0.2, -0.15) is 0 Å². The van der Waals surface area contributed by atoms with Crippen LogP contribution in [0.4, 0.5) is 28.4 Å². The zero-order chi connectivity index (χ0) is 29.3. The van der Waals surface area contributed by atoms with Gasteiger partial charge in [0.05, 0.1) is 12.8 Å². The number of urea groups is 1. The van der Waals surface area contributed by atoms with Crippen LogP contribution < -0.4 is 20.1 Å². The summed E-state index contributed by atoms with van der Waals surface area (Å²) in [7, 11) is 1.43. The smallest absolute Gasteiger partial charge is 0.407 e. The Morgan fingerprint density at radius 1 is 0.925 bits per heavy atom. The molecule has 40 heavy (non-hydrogen) atoms. The number of rotatable bonds is 10. The van der Waals surface area contributed by atoms with E-state index in [9.17, 15) is 22.8 Å². The molecule has 0 aromatic heterocycles. The van der Waals surface area contributed by atoms with E-state index < -0.39 is 35.2 Å². The maximum absolute atomic E-state index is 14.2. The number of anilines is 1. The zero-order valence-corrected chi connectivity index (χ0v) is 22.7. The number of carbonyl (C=O) groups excluding carboxylic acids is 2. The van der Waals surface area contributed by atoms with Crippen LogP contribution in [0.2, 0.25) is 0 Å². The second-order valence-electron chi connectivity index (χ2n) is 9.77. The van der Waals surface area contributed by atoms with Crippen LogP contribution in [0.15, 0.2) is 60.7 Å². The molecule has 0 radical (unpaired) electrons. The van der Waals surface area contributed by atoms with Crippen molar-refractivity contribution < 1.29 is 37.0 Å². The minimum Gasteiger partial charge on any atom is -0.493 e. The Morgan fingerprint density at radius 3 is 2.35 bits per heavy atom. The van der Waals surface area contributed by atoms with Gasteiger partial charge in [0.25, 0.3) is 0 Å². The Bertz CT molecular complexity index is 1330. The van der Waals surface area contributed by atoms with Crippen LogP contribution in [0, 0.1) is 17.5 Å². The molecule has 3 aromatic carbocycles. The van der Waals surface area contributed by atoms with Crippen molar-refractivity contribution >= 4 is 17.8 Å². The summed E-state index contributed by atoms with van der Waals surface area (Å²) in [5, 5.41) is 5.15. The fraction of sp³-hybridized carbons (Fsp3) is 0.310. The third kappa shape index (κ3) is 9.11. The van der Waals surface area contributed by atoms with E-state index in [4.69, 9.17) is 14.2 Å². The predicted molar refractivity (Wildman–Crippen MR) is 144 cm³/mol. The topological polar surface area (TPSA) is 89.1 Å². The Labute approximate surface area is 231 Å². The third-order valence-electron chi connectivity index (χ3n) is 5.45. The highest BCUT2D eigenvalue weighted by Crippen LogP contribution is 2.30. The number of nitrogens with one attached hydrogen (secondary N) is 2. The van der Waals surface area contributed by atoms with E-state index in [2.05, 4.69) is 10.6 Å². The normalized spacial score (nSPS) is 11.0. The van der Waals surface area contributed by atoms with E-state index in [0.717, 1.165) is 12.1 Å². The van der Waals surface area contributed by atoms with Gasteiger partial charge < -0.3 is 29.7 Å². The van der Waals surface area contributed by atoms with E-state index in [1.54, 1.807) is 45.0 Å². The molecule has 3 rings (SSSR count). The quantitative estimate of drug-likeness (QED) is 0.307. The Kier molecular flexibility index (Phi) is 10.2. The molecule has 0 fully saturated rings. The minimum atomic E-state index is -0.730. The van der Waals surface area contributed by atoms with E-state index in [0.29, 0.717) is 17.1 Å². The molecule has 3 aromatic rings. The van der Waals surface area contributed by atoms with Gasteiger partial charge in [0.2, 0.25) is 0 Å². The first-order valence-electron chi connectivity index (χ1n) is 12.5. The van der Waals surface area contributed by atoms with Gasteiger partial charge in [-0.15, -0.1) is 0 Å². The Hall–Kier alpha value is -4.41. The molecule has 0 heterocycles. The van der Waals surface area contributed by atoms with Crippen molar-refractivity contribution in [2.24, 2.45) is 0 Å². The van der Waals surface area contributed by atoms with Crippen molar-refractivity contribution in [3.05, 3.63) is 89.2 Å². The lowest BCUT2D eigenvalue weighted by atomic mass is 10.2. The van der Waals surface area contributed by atoms with Gasteiger partial charge in [0.15, 0.2) is 11.5 Å². The molecule has 0 saturated heterocycles. The molecule has 0 saturated carbocycles. The number of para-hydroxylation sites is 1. The summed E-state index contributed by atoms with van der Waals surface area (Å²) in [4.78, 5) is 26.5. The van der Waals surface area contributed by atoms with Crippen molar-refractivity contribution in [2.45, 2.75) is 39.5 Å². The van der Waals surface area contributed by atoms with Gasteiger partial charge in [-0.05, 0) is 62.7 Å². The minimum absolute atomic E-state index is 0.00644. The fourth-order valence-corrected chi connectivity index (χ4v) is 3.56. The summed E-state index contributed by atoms with van der Waals surface area (Å²) in [6, 6.07) is 13.3. The summed E-state index contributed by atoms with van der Waals surface area (Å²) >= 11 is 0. The predicted octanol–water partition coefficient (Wildman–Crippen LogP) is 6.25. The molecule has 214 valence electrons. The van der Waals surface area contributed by atoms with Crippen molar-refractivity contribution in [1.29, 1.82) is 0 Å². The largest absolute Gasteiger partial charge is 0.493 e. The summed E-state index contributed by atoms with van der Waals surface area (Å²) in [5.41, 5.74) is 0.125. The zero-order valence-electron chi connectivity index (χ0n) is 22.7. The number of hydrogen-bond donors (Lipinski definition) is 2. The number of halogens is 3. The second kappa shape index (κ2) is 13.6. The van der Waals surface area contributed by atoms with E-state index in [-0.39, 0.29) is 37.5 Å². The number of methoxy groups -OCH3 is 1. The number of nitrogens with zero attached hydrogens (tertiary/aromatic N) is 1. The number of ether oxygens (including phenoxy) is 3. The van der Waals surface area contributed by atoms with E-state index in [1.165, 1.54) is 36.3 Å². The summed E-state index contributed by atoms with van der Waals surface area (Å²) in [6.45, 7) is 5.26. The monoisotopic (exact) mass is 559 g/mol. The molecule has 0 spiro atoms. The van der Waals surface area contributed by atoms with E-state index >= 15 is 0 Å². The molecule has 0 aliphatic carbocycles. The maximum atomic E-state index is 14.2. The van der Waals surface area contributed by atoms with Gasteiger partial charge in [-0.3, -0.25) is 0 Å². The molecule has 0 unspecified atom stereocenters. The molecule has 2 N–H and O–H groups in total. The van der Waals surface area contributed by atoms with Gasteiger partial charge in [0.1, 0.15) is 29.7 Å². The van der Waals surface area contributed by atoms with Crippen molar-refractivity contribution in [1.82, 2.24) is 10.2 Å². The standard InChI is InChI=1S/C29H32F3N3O5/c1-29(2,3)40-28(37)33-13-14-35(27(36)34-24-8-6-5-7-22(24)31)17-19-9-12-25(26(15-19)38-4)39-18-20-10-11-21(30)16-23(20)32/h5-12,15-16H,13-14,17-18H2,1-4H3,(H,33,37)(H,34,36). The molecule has 0 aliphatic rings. The average Bonchev–Trinajstić information content (AvgIpc) is 2.88. The molecule has 8 nitrogen and oxygen atoms in total. The lowest BCUT2D eigenvalue weighted by molar-refractivity contribution is 0.0523. The first-order valence-corrected chi connectivity index (χ1v) is 12.5. The number of carbonyl (C=O) groups is 2. The number of hydrogen-bond acceptors (Lipinski definition) is 5. The van der Waals surface area contributed by atoms with Crippen molar-refractivity contribution in [2.75, 3.05) is 25.5 Å². The van der Waals surface area contributed by atoms with Crippen LogP contribution in [0.1, 0.15) is 31.9 Å². The van der Waals surface area contributed by atoms with Crippen molar-refractivity contribution in [3.63, 3.8) is 0 Å². The number of amides is 3. The van der Waals surface area contributed by atoms with Gasteiger partial charge >= 0.3 is 12.1 Å². The van der Waals surface area contributed by atoms with Crippen LogP contribution in [-0.2, 0) is 17.9 Å². The molecule has 3 amide bonds. The maximum Gasteiger partial charge on any atom is 0.407 e. The van der Waals surface area contributed by atoms with Crippen LogP contribution >= 0.6 is 0 Å². The van der Waals surface area contributed by atoms with Crippen LogP contribution in [-0.4, -0.2) is 42.8 Å². The molecule has 0 aliphatic heterocycles. The first-order chi connectivity index (χ1) is 18.9. The molecular formula is C29H32F3N3O5. The molecule has 0 atom stereocenters. The molecule has 0 bridgehead atoms. The summed E-state index contributed by atoms with van der Waals surface area (Å²) in [6.07, 6.45) is -0.636. The lowest BCUT2D eigenvalue weighted by Gasteiger charge is -2.25. The fourth-order valence-electron chi connectivity index (χ4n) is 3.56. The van der Waals surface area contributed by atoms with Gasteiger partial charge in [-0.25, -0.2) is 22.8 Å². The average molecular weight is 560 g/mol. The Morgan fingerprint density at radius 2 is 1.68 bits per heavy atom. The SMILES string of the molecule is COc1cc(CN(CCNC(=O)OC(C)(C)C)C(=O)Nc2ccccc2F)ccc1OCc1ccc(F)cc1F. The highest BCUT2D eigenvalue weighted by Gasteiger charge is 2.19. The number of alkyl carbamates (subject to hydrolysis) is 1. The van der Waals surface area contributed by atoms with Crippen molar-refractivity contribution in [3.8, 4) is 11.5 Å². The van der Waals surface area contributed by atoms with E-state index in [1.807, 2.05) is 0 Å². The second-order valence-corrected chi connectivity index (χ2v) is 9.77. The number of benzene rings is 3. The highest BCUT2D eigenvalue weighted by molar-refractivity contribution is 5.89. The Balaban J connectivity index is 1.73. The lowest BCUT2D eigenvalue weighted by Crippen LogP contribution is -2.41. The van der Waals surface area contributed by atoms with Crippen LogP contribution in [0.5, 0.6) is 11.5 Å².